The Morgan fingerprint density at radius 1 is 1.44 bits per heavy atom. The number of nitrogens with zero attached hydrogens (tertiary/aromatic N) is 1. The van der Waals surface area contributed by atoms with Crippen molar-refractivity contribution in [1.82, 2.24) is 10.3 Å². The normalized spacial score (nSPS) is 12.3. The van der Waals surface area contributed by atoms with E-state index in [0.29, 0.717) is 18.0 Å². The molecule has 1 amide bonds. The standard InChI is InChI=1S/C14H15ClN2O/c1-10(8-15)9-17-14(18)12-4-5-13-11(7-12)3-2-6-16-13/h2-7,10H,8-9H2,1H3,(H,17,18). The molecular formula is C14H15ClN2O. The second-order valence-corrected chi connectivity index (χ2v) is 4.69. The van der Waals surface area contributed by atoms with Gasteiger partial charge in [0.05, 0.1) is 5.52 Å². The summed E-state index contributed by atoms with van der Waals surface area (Å²) in [5.41, 5.74) is 1.54. The number of hydrogen-bond acceptors (Lipinski definition) is 2. The molecule has 0 saturated heterocycles. The van der Waals surface area contributed by atoms with Gasteiger partial charge in [0.15, 0.2) is 0 Å². The highest BCUT2D eigenvalue weighted by molar-refractivity contribution is 6.18. The Morgan fingerprint density at radius 3 is 3.06 bits per heavy atom. The molecule has 1 aromatic heterocycles. The SMILES string of the molecule is CC(CCl)CNC(=O)c1ccc2ncccc2c1. The van der Waals surface area contributed by atoms with Gasteiger partial charge in [-0.2, -0.15) is 0 Å². The van der Waals surface area contributed by atoms with Gasteiger partial charge in [-0.3, -0.25) is 9.78 Å². The molecule has 0 aliphatic rings. The molecule has 1 atom stereocenters. The predicted octanol–water partition coefficient (Wildman–Crippen LogP) is 2.84. The first-order valence-corrected chi connectivity index (χ1v) is 6.43. The number of carbonyl (C=O) groups is 1. The van der Waals surface area contributed by atoms with Crippen LogP contribution in [0.25, 0.3) is 10.9 Å². The second-order valence-electron chi connectivity index (χ2n) is 4.38. The van der Waals surface area contributed by atoms with Crippen molar-refractivity contribution < 1.29 is 4.79 Å². The third-order valence-corrected chi connectivity index (χ3v) is 3.27. The smallest absolute Gasteiger partial charge is 0.251 e. The van der Waals surface area contributed by atoms with E-state index >= 15 is 0 Å². The van der Waals surface area contributed by atoms with E-state index in [2.05, 4.69) is 10.3 Å². The number of pyridine rings is 1. The van der Waals surface area contributed by atoms with E-state index in [0.717, 1.165) is 10.9 Å². The molecule has 0 radical (unpaired) electrons. The first kappa shape index (κ1) is 12.8. The number of benzene rings is 1. The summed E-state index contributed by atoms with van der Waals surface area (Å²) < 4.78 is 0. The van der Waals surface area contributed by atoms with Crippen molar-refractivity contribution in [2.45, 2.75) is 6.92 Å². The van der Waals surface area contributed by atoms with Gasteiger partial charge >= 0.3 is 0 Å². The number of aromatic nitrogens is 1. The quantitative estimate of drug-likeness (QED) is 0.861. The zero-order chi connectivity index (χ0) is 13.0. The highest BCUT2D eigenvalue weighted by atomic mass is 35.5. The maximum absolute atomic E-state index is 11.9. The lowest BCUT2D eigenvalue weighted by atomic mass is 10.1. The van der Waals surface area contributed by atoms with Crippen molar-refractivity contribution in [3.63, 3.8) is 0 Å². The predicted molar refractivity (Wildman–Crippen MR) is 74.0 cm³/mol. The molecule has 4 heteroatoms. The minimum atomic E-state index is -0.0716. The monoisotopic (exact) mass is 262 g/mol. The lowest BCUT2D eigenvalue weighted by Gasteiger charge is -2.09. The first-order chi connectivity index (χ1) is 8.70. The van der Waals surface area contributed by atoms with Gasteiger partial charge in [-0.15, -0.1) is 11.6 Å². The Bertz CT molecular complexity index is 556. The van der Waals surface area contributed by atoms with Crippen LogP contribution in [0.15, 0.2) is 36.5 Å². The van der Waals surface area contributed by atoms with Crippen LogP contribution in [0.4, 0.5) is 0 Å². The summed E-state index contributed by atoms with van der Waals surface area (Å²) in [5, 5.41) is 3.84. The van der Waals surface area contributed by atoms with Crippen molar-refractivity contribution in [3.8, 4) is 0 Å². The molecule has 1 unspecified atom stereocenters. The van der Waals surface area contributed by atoms with Crippen molar-refractivity contribution >= 4 is 28.4 Å². The number of hydrogen-bond donors (Lipinski definition) is 1. The number of carbonyl (C=O) groups excluding carboxylic acids is 1. The van der Waals surface area contributed by atoms with Crippen molar-refractivity contribution in [2.24, 2.45) is 5.92 Å². The third-order valence-electron chi connectivity index (χ3n) is 2.74. The van der Waals surface area contributed by atoms with Gasteiger partial charge in [0.2, 0.25) is 0 Å². The minimum absolute atomic E-state index is 0.0716. The number of halogens is 1. The number of alkyl halides is 1. The van der Waals surface area contributed by atoms with Crippen LogP contribution in [0, 0.1) is 5.92 Å². The van der Waals surface area contributed by atoms with Gasteiger partial charge in [-0.1, -0.05) is 13.0 Å². The largest absolute Gasteiger partial charge is 0.352 e. The van der Waals surface area contributed by atoms with Crippen molar-refractivity contribution in [3.05, 3.63) is 42.1 Å². The fourth-order valence-corrected chi connectivity index (χ4v) is 1.75. The van der Waals surface area contributed by atoms with E-state index in [1.54, 1.807) is 12.3 Å². The lowest BCUT2D eigenvalue weighted by Crippen LogP contribution is -2.28. The lowest BCUT2D eigenvalue weighted by molar-refractivity contribution is 0.0949. The number of fused-ring (bicyclic) bond motifs is 1. The van der Waals surface area contributed by atoms with Gasteiger partial charge in [0.1, 0.15) is 0 Å². The van der Waals surface area contributed by atoms with E-state index in [9.17, 15) is 4.79 Å². The maximum atomic E-state index is 11.9. The van der Waals surface area contributed by atoms with E-state index in [1.807, 2.05) is 31.2 Å². The van der Waals surface area contributed by atoms with Gasteiger partial charge < -0.3 is 5.32 Å². The van der Waals surface area contributed by atoms with Gasteiger partial charge in [-0.05, 0) is 30.2 Å². The Balaban J connectivity index is 2.13. The van der Waals surface area contributed by atoms with Crippen molar-refractivity contribution in [1.29, 1.82) is 0 Å². The number of amides is 1. The van der Waals surface area contributed by atoms with E-state index in [-0.39, 0.29) is 11.8 Å². The molecule has 0 aliphatic heterocycles. The molecule has 3 nitrogen and oxygen atoms in total. The fraction of sp³-hybridized carbons (Fsp3) is 0.286. The molecule has 1 aromatic carbocycles. The molecule has 0 spiro atoms. The van der Waals surface area contributed by atoms with Crippen LogP contribution in [-0.4, -0.2) is 23.3 Å². The van der Waals surface area contributed by atoms with E-state index in [1.165, 1.54) is 0 Å². The second kappa shape index (κ2) is 5.83. The molecule has 0 aliphatic carbocycles. The highest BCUT2D eigenvalue weighted by Crippen LogP contribution is 2.13. The minimum Gasteiger partial charge on any atom is -0.352 e. The summed E-state index contributed by atoms with van der Waals surface area (Å²) >= 11 is 5.70. The molecule has 1 heterocycles. The first-order valence-electron chi connectivity index (χ1n) is 5.89. The van der Waals surface area contributed by atoms with E-state index in [4.69, 9.17) is 11.6 Å². The summed E-state index contributed by atoms with van der Waals surface area (Å²) in [6.07, 6.45) is 1.74. The van der Waals surface area contributed by atoms with Crippen LogP contribution in [0.3, 0.4) is 0 Å². The average Bonchev–Trinajstić information content (AvgIpc) is 2.43. The Labute approximate surface area is 111 Å². The van der Waals surface area contributed by atoms with Crippen molar-refractivity contribution in [2.75, 3.05) is 12.4 Å². The molecular weight excluding hydrogens is 248 g/mol. The average molecular weight is 263 g/mol. The molecule has 1 N–H and O–H groups in total. The van der Waals surface area contributed by atoms with Crippen LogP contribution >= 0.6 is 11.6 Å². The third kappa shape index (κ3) is 2.99. The molecule has 0 saturated carbocycles. The molecule has 0 fully saturated rings. The number of nitrogens with one attached hydrogen (secondary N) is 1. The molecule has 2 aromatic rings. The zero-order valence-electron chi connectivity index (χ0n) is 10.2. The van der Waals surface area contributed by atoms with E-state index < -0.39 is 0 Å². The van der Waals surface area contributed by atoms with Crippen LogP contribution in [0.1, 0.15) is 17.3 Å². The van der Waals surface area contributed by atoms with Crippen LogP contribution in [0.5, 0.6) is 0 Å². The molecule has 2 rings (SSSR count). The Hall–Kier alpha value is -1.61. The number of rotatable bonds is 4. The van der Waals surface area contributed by atoms with Crippen LogP contribution in [0.2, 0.25) is 0 Å². The summed E-state index contributed by atoms with van der Waals surface area (Å²) in [6, 6.07) is 9.30. The highest BCUT2D eigenvalue weighted by Gasteiger charge is 2.08. The summed E-state index contributed by atoms with van der Waals surface area (Å²) in [7, 11) is 0. The molecule has 94 valence electrons. The fourth-order valence-electron chi connectivity index (χ4n) is 1.64. The van der Waals surface area contributed by atoms with Crippen LogP contribution < -0.4 is 5.32 Å². The Morgan fingerprint density at radius 2 is 2.28 bits per heavy atom. The topological polar surface area (TPSA) is 42.0 Å². The van der Waals surface area contributed by atoms with Gasteiger partial charge in [-0.25, -0.2) is 0 Å². The summed E-state index contributed by atoms with van der Waals surface area (Å²) in [6.45, 7) is 2.59. The Kier molecular flexibility index (Phi) is 4.15. The zero-order valence-corrected chi connectivity index (χ0v) is 10.9. The molecule has 0 bridgehead atoms. The van der Waals surface area contributed by atoms with Gasteiger partial charge in [0.25, 0.3) is 5.91 Å². The van der Waals surface area contributed by atoms with Gasteiger partial charge in [0, 0.05) is 29.6 Å². The summed E-state index contributed by atoms with van der Waals surface area (Å²) in [5.74, 6) is 0.748. The molecule has 18 heavy (non-hydrogen) atoms. The maximum Gasteiger partial charge on any atom is 0.251 e. The summed E-state index contributed by atoms with van der Waals surface area (Å²) in [4.78, 5) is 16.2. The van der Waals surface area contributed by atoms with Crippen LogP contribution in [-0.2, 0) is 0 Å².